The molecule has 0 aromatic rings. The zero-order valence-electron chi connectivity index (χ0n) is 50.9. The zero-order chi connectivity index (χ0) is 52.5. The van der Waals surface area contributed by atoms with E-state index in [0.29, 0.717) is 6.04 Å². The lowest BCUT2D eigenvalue weighted by atomic mass is 9.88. The number of hydrazine groups is 1. The van der Waals surface area contributed by atoms with Crippen LogP contribution in [0.2, 0.25) is 0 Å². The Labute approximate surface area is 451 Å². The fraction of sp³-hybridized carbons (Fsp3) is 0.926. The lowest BCUT2D eigenvalue weighted by Gasteiger charge is -2.34. The van der Waals surface area contributed by atoms with Crippen molar-refractivity contribution in [2.45, 2.75) is 369 Å². The number of ether oxygens (including phenoxy) is 1. The van der Waals surface area contributed by atoms with Gasteiger partial charge in [-0.25, -0.2) is 5.43 Å². The lowest BCUT2D eigenvalue weighted by molar-refractivity contribution is 0.144. The zero-order valence-corrected chi connectivity index (χ0v) is 50.9. The summed E-state index contributed by atoms with van der Waals surface area (Å²) in [5, 5.41) is 2.48. The van der Waals surface area contributed by atoms with Gasteiger partial charge in [0.25, 0.3) is 0 Å². The van der Waals surface area contributed by atoms with E-state index in [1.165, 1.54) is 319 Å². The van der Waals surface area contributed by atoms with Crippen LogP contribution < -0.4 is 5.43 Å². The normalized spacial score (nSPS) is 13.4. The molecule has 0 aromatic heterocycles. The topological polar surface area (TPSA) is 24.5 Å². The highest BCUT2D eigenvalue weighted by atomic mass is 16.5. The van der Waals surface area contributed by atoms with Gasteiger partial charge in [0.1, 0.15) is 0 Å². The van der Waals surface area contributed by atoms with Crippen LogP contribution in [0.1, 0.15) is 363 Å². The first kappa shape index (κ1) is 72.1. The van der Waals surface area contributed by atoms with Gasteiger partial charge in [-0.2, -0.15) is 0 Å². The van der Waals surface area contributed by atoms with E-state index in [2.05, 4.69) is 84.8 Å². The van der Waals surface area contributed by atoms with Gasteiger partial charge in [-0.05, 0) is 75.5 Å². The van der Waals surface area contributed by atoms with Gasteiger partial charge in [-0.3, -0.25) is 0 Å². The number of rotatable bonds is 54. The Morgan fingerprint density at radius 1 is 0.465 bits per heavy atom. The molecule has 3 atom stereocenters. The van der Waals surface area contributed by atoms with E-state index in [1.54, 1.807) is 0 Å². The van der Waals surface area contributed by atoms with E-state index in [-0.39, 0.29) is 0 Å². The van der Waals surface area contributed by atoms with Gasteiger partial charge in [-0.15, -0.1) is 5.73 Å². The van der Waals surface area contributed by atoms with E-state index in [9.17, 15) is 0 Å². The number of allylic oxidation sites excluding steroid dienone is 2. The molecule has 1 aliphatic rings. The van der Waals surface area contributed by atoms with Crippen LogP contribution in [-0.2, 0) is 4.74 Å². The highest BCUT2D eigenvalue weighted by Gasteiger charge is 2.20. The Hall–Kier alpha value is -1.02. The molecule has 0 radical (unpaired) electrons. The molecule has 1 N–H and O–H groups in total. The highest BCUT2D eigenvalue weighted by molar-refractivity contribution is 4.99. The van der Waals surface area contributed by atoms with Crippen LogP contribution in [0.4, 0.5) is 0 Å². The van der Waals surface area contributed by atoms with Crippen molar-refractivity contribution in [2.75, 3.05) is 20.8 Å². The largest absolute Gasteiger partial charge is 0.384 e. The van der Waals surface area contributed by atoms with Crippen LogP contribution in [0.3, 0.4) is 0 Å². The summed E-state index contributed by atoms with van der Waals surface area (Å²) < 4.78 is 5.19. The Kier molecular flexibility index (Phi) is 60.7. The van der Waals surface area contributed by atoms with Crippen molar-refractivity contribution in [1.82, 2.24) is 10.4 Å². The second kappa shape index (κ2) is 59.9. The first-order valence-electron chi connectivity index (χ1n) is 32.9. The molecule has 0 aliphatic heterocycles. The Morgan fingerprint density at radius 3 is 1.18 bits per heavy atom. The second-order valence-electron chi connectivity index (χ2n) is 23.0. The van der Waals surface area contributed by atoms with Crippen molar-refractivity contribution >= 4 is 0 Å². The Bertz CT molecular complexity index is 1070. The van der Waals surface area contributed by atoms with Crippen LogP contribution in [0.15, 0.2) is 30.2 Å². The van der Waals surface area contributed by atoms with E-state index >= 15 is 0 Å². The summed E-state index contributed by atoms with van der Waals surface area (Å²) >= 11 is 0. The lowest BCUT2D eigenvalue weighted by Crippen LogP contribution is -2.43. The van der Waals surface area contributed by atoms with Crippen molar-refractivity contribution in [3.63, 3.8) is 0 Å². The van der Waals surface area contributed by atoms with Gasteiger partial charge in [0.2, 0.25) is 0 Å². The summed E-state index contributed by atoms with van der Waals surface area (Å²) in [6.07, 6.45) is 67.7. The third-order valence-electron chi connectivity index (χ3n) is 16.0. The van der Waals surface area contributed by atoms with Gasteiger partial charge < -0.3 is 9.75 Å². The van der Waals surface area contributed by atoms with E-state index in [1.807, 2.05) is 7.11 Å². The van der Waals surface area contributed by atoms with Crippen LogP contribution >= 0.6 is 0 Å². The summed E-state index contributed by atoms with van der Waals surface area (Å²) in [6.45, 7) is 25.7. The molecule has 424 valence electrons. The van der Waals surface area contributed by atoms with Gasteiger partial charge in [0.05, 0.1) is 5.70 Å². The quantitative estimate of drug-likeness (QED) is 0.0284. The average Bonchev–Trinajstić information content (AvgIpc) is 4.21. The van der Waals surface area contributed by atoms with Gasteiger partial charge in [0.15, 0.2) is 0 Å². The van der Waals surface area contributed by atoms with E-state index in [4.69, 9.17) is 4.74 Å². The first-order valence-corrected chi connectivity index (χ1v) is 32.9. The minimum Gasteiger partial charge on any atom is -0.384 e. The Balaban J connectivity index is 0. The average molecular weight is 998 g/mol. The van der Waals surface area contributed by atoms with Gasteiger partial charge in [0, 0.05) is 26.8 Å². The molecule has 0 saturated heterocycles. The van der Waals surface area contributed by atoms with Crippen molar-refractivity contribution < 1.29 is 4.74 Å². The maximum absolute atomic E-state index is 5.19. The van der Waals surface area contributed by atoms with E-state index < -0.39 is 0 Å². The minimum absolute atomic E-state index is 0.565. The highest BCUT2D eigenvalue weighted by Crippen LogP contribution is 2.33. The number of methoxy groups -OCH3 is 1. The van der Waals surface area contributed by atoms with Crippen LogP contribution in [0.25, 0.3) is 0 Å². The number of hydrogen-bond donors (Lipinski definition) is 1. The number of nitrogens with one attached hydrogen (secondary N) is 1. The van der Waals surface area contributed by atoms with Crippen molar-refractivity contribution in [3.05, 3.63) is 30.2 Å². The number of unbranched alkanes of at least 4 members (excludes halogenated alkanes) is 29. The molecule has 0 aromatic carbocycles. The van der Waals surface area contributed by atoms with Gasteiger partial charge in [-0.1, -0.05) is 324 Å². The third-order valence-corrected chi connectivity index (χ3v) is 16.0. The van der Waals surface area contributed by atoms with Crippen LogP contribution in [-0.4, -0.2) is 31.8 Å². The fourth-order valence-corrected chi connectivity index (χ4v) is 10.8. The molecule has 71 heavy (non-hydrogen) atoms. The first-order chi connectivity index (χ1) is 34.8. The summed E-state index contributed by atoms with van der Waals surface area (Å²) in [4.78, 5) is 0. The molecule has 3 unspecified atom stereocenters. The molecule has 3 heteroatoms. The van der Waals surface area contributed by atoms with E-state index in [0.717, 1.165) is 30.8 Å². The molecule has 0 spiro atoms. The predicted octanol–water partition coefficient (Wildman–Crippen LogP) is 23.8. The summed E-state index contributed by atoms with van der Waals surface area (Å²) in [6, 6.07) is 0.565. The molecule has 3 nitrogen and oxygen atoms in total. The van der Waals surface area contributed by atoms with Crippen molar-refractivity contribution in [2.24, 2.45) is 17.8 Å². The number of hydrogen-bond acceptors (Lipinski definition) is 3. The molecule has 0 bridgehead atoms. The maximum Gasteiger partial charge on any atom is 0.0707 e. The molecule has 1 aliphatic carbocycles. The minimum atomic E-state index is 0.565. The second-order valence-corrected chi connectivity index (χ2v) is 23.0. The summed E-state index contributed by atoms with van der Waals surface area (Å²) in [7, 11) is 3.93. The third kappa shape index (κ3) is 52.2. The fourth-order valence-electron chi connectivity index (χ4n) is 10.8. The van der Waals surface area contributed by atoms with Crippen LogP contribution in [0.5, 0.6) is 0 Å². The molecular weight excluding hydrogens is 861 g/mol. The molecule has 0 amide bonds. The SMILES string of the molecule is C=C=C(CCCCCCC)N(NC)C(CCCCCCCCCC)CCCCCCCCC(=C)CCC(CCCCCC)CCCCCCCC.CCCC1CC1.CCCCCCCCC(CC)COC. The molecule has 1 saturated carbocycles. The van der Waals surface area contributed by atoms with Crippen molar-refractivity contribution in [1.29, 1.82) is 0 Å². The molecule has 0 heterocycles. The maximum atomic E-state index is 5.19. The smallest absolute Gasteiger partial charge is 0.0707 e. The molecule has 1 rings (SSSR count). The van der Waals surface area contributed by atoms with Crippen molar-refractivity contribution in [3.8, 4) is 0 Å². The van der Waals surface area contributed by atoms with Gasteiger partial charge >= 0.3 is 0 Å². The summed E-state index contributed by atoms with van der Waals surface area (Å²) in [5.74, 6) is 2.88. The number of nitrogens with zero attached hydrogens (tertiary/aromatic N) is 1. The van der Waals surface area contributed by atoms with Crippen LogP contribution in [0, 0.1) is 17.8 Å². The molecular formula is C68H136N2O. The Morgan fingerprint density at radius 2 is 0.831 bits per heavy atom. The summed E-state index contributed by atoms with van der Waals surface area (Å²) in [5.41, 5.74) is 9.78. The predicted molar refractivity (Wildman–Crippen MR) is 325 cm³/mol. The standard InChI is InChI=1S/C49H96N2.C13H28O.C6H12/c1-8-13-17-21-23-24-30-36-42-49(51(50-7)48(12-5)41-35-27-19-15-10-3)43-37-31-26-25-28-32-38-46(6)44-45-47(39-33-20-16-11-4)40-34-29-22-18-14-9-2;1-4-6-7-8-9-10-11-13(5-2)12-14-3;1-2-3-6-4-5-6/h47,49-50H,5-6,8-11,13-45H2,1-4,7H3;13H,4-12H2,1-3H3;6H,2-5H2,1H3. The molecule has 1 fully saturated rings. The monoisotopic (exact) mass is 997 g/mol.